The molecular formula is C14H13N3O4. The molecule has 1 atom stereocenters. The summed E-state index contributed by atoms with van der Waals surface area (Å²) in [5.74, 6) is -1.24. The topological polar surface area (TPSA) is 99.5 Å². The predicted octanol–water partition coefficient (Wildman–Crippen LogP) is -0.189. The number of imide groups is 1. The second kappa shape index (κ2) is 6.05. The van der Waals surface area contributed by atoms with E-state index in [1.807, 2.05) is 6.07 Å². The number of piperazine rings is 1. The number of amides is 3. The first kappa shape index (κ1) is 14.5. The zero-order chi connectivity index (χ0) is 15.4. The summed E-state index contributed by atoms with van der Waals surface area (Å²) in [5.41, 5.74) is 0.310. The fraction of sp³-hybridized carbons (Fsp3) is 0.286. The number of para-hydroxylation sites is 1. The number of rotatable bonds is 3. The molecular weight excluding hydrogens is 274 g/mol. The van der Waals surface area contributed by atoms with Crippen molar-refractivity contribution in [3.05, 3.63) is 29.8 Å². The van der Waals surface area contributed by atoms with E-state index in [0.717, 1.165) is 4.90 Å². The Labute approximate surface area is 121 Å². The molecule has 108 valence electrons. The highest BCUT2D eigenvalue weighted by Crippen LogP contribution is 2.18. The number of nitrogens with zero attached hydrogens (tertiary/aromatic N) is 2. The first-order valence-corrected chi connectivity index (χ1v) is 6.28. The molecule has 1 unspecified atom stereocenters. The van der Waals surface area contributed by atoms with Gasteiger partial charge in [-0.1, -0.05) is 12.1 Å². The summed E-state index contributed by atoms with van der Waals surface area (Å²) in [4.78, 5) is 35.8. The number of ether oxygens (including phenoxy) is 1. The van der Waals surface area contributed by atoms with Gasteiger partial charge in [-0.3, -0.25) is 19.7 Å². The molecule has 1 saturated heterocycles. The third-order valence-electron chi connectivity index (χ3n) is 2.92. The Kier molecular flexibility index (Phi) is 4.18. The monoisotopic (exact) mass is 287 g/mol. The third kappa shape index (κ3) is 3.36. The Bertz CT molecular complexity index is 619. The van der Waals surface area contributed by atoms with E-state index in [4.69, 9.17) is 10.00 Å². The van der Waals surface area contributed by atoms with Crippen LogP contribution in [0.5, 0.6) is 5.75 Å². The van der Waals surface area contributed by atoms with Crippen molar-refractivity contribution < 1.29 is 19.1 Å². The molecule has 7 heteroatoms. The molecule has 3 amide bonds. The highest BCUT2D eigenvalue weighted by Gasteiger charge is 2.30. The Hall–Kier alpha value is -2.88. The lowest BCUT2D eigenvalue weighted by molar-refractivity contribution is -0.148. The van der Waals surface area contributed by atoms with Gasteiger partial charge in [0.15, 0.2) is 6.10 Å². The maximum atomic E-state index is 12.2. The lowest BCUT2D eigenvalue weighted by Crippen LogP contribution is -2.55. The standard InChI is InChI=1S/C14H13N3O4/c1-9(21-11-5-3-2-4-10(11)6-15)14(20)17-7-12(18)16-13(19)8-17/h2-5,9H,7-8H2,1H3,(H,16,18,19). The van der Waals surface area contributed by atoms with Gasteiger partial charge in [0.25, 0.3) is 5.91 Å². The summed E-state index contributed by atoms with van der Waals surface area (Å²) in [7, 11) is 0. The van der Waals surface area contributed by atoms with E-state index in [0.29, 0.717) is 5.56 Å². The van der Waals surface area contributed by atoms with Gasteiger partial charge in [-0.25, -0.2) is 0 Å². The third-order valence-corrected chi connectivity index (χ3v) is 2.92. The molecule has 1 heterocycles. The Morgan fingerprint density at radius 1 is 1.33 bits per heavy atom. The molecule has 2 rings (SSSR count). The second-order valence-electron chi connectivity index (χ2n) is 4.53. The molecule has 21 heavy (non-hydrogen) atoms. The normalized spacial score (nSPS) is 15.9. The largest absolute Gasteiger partial charge is 0.480 e. The van der Waals surface area contributed by atoms with E-state index in [-0.39, 0.29) is 18.8 Å². The van der Waals surface area contributed by atoms with Crippen molar-refractivity contribution in [2.45, 2.75) is 13.0 Å². The number of benzene rings is 1. The van der Waals surface area contributed by atoms with E-state index in [2.05, 4.69) is 5.32 Å². The fourth-order valence-corrected chi connectivity index (χ4v) is 1.95. The van der Waals surface area contributed by atoms with Gasteiger partial charge in [-0.2, -0.15) is 5.26 Å². The zero-order valence-electron chi connectivity index (χ0n) is 11.3. The molecule has 1 aliphatic heterocycles. The minimum Gasteiger partial charge on any atom is -0.480 e. The number of hydrogen-bond acceptors (Lipinski definition) is 5. The van der Waals surface area contributed by atoms with E-state index in [9.17, 15) is 14.4 Å². The molecule has 0 aromatic heterocycles. The lowest BCUT2D eigenvalue weighted by Gasteiger charge is -2.28. The van der Waals surface area contributed by atoms with Crippen LogP contribution in [0.15, 0.2) is 24.3 Å². The molecule has 1 aromatic rings. The van der Waals surface area contributed by atoms with Crippen molar-refractivity contribution in [1.82, 2.24) is 10.2 Å². The van der Waals surface area contributed by atoms with E-state index < -0.39 is 23.8 Å². The highest BCUT2D eigenvalue weighted by molar-refractivity contribution is 6.03. The number of carbonyl (C=O) groups is 3. The van der Waals surface area contributed by atoms with Crippen LogP contribution in [0.4, 0.5) is 0 Å². The van der Waals surface area contributed by atoms with Crippen LogP contribution in [-0.4, -0.2) is 41.8 Å². The number of hydrogen-bond donors (Lipinski definition) is 1. The molecule has 0 radical (unpaired) electrons. The molecule has 1 N–H and O–H groups in total. The van der Waals surface area contributed by atoms with E-state index in [1.54, 1.807) is 24.3 Å². The zero-order valence-corrected chi connectivity index (χ0v) is 11.3. The van der Waals surface area contributed by atoms with Crippen LogP contribution in [0.3, 0.4) is 0 Å². The van der Waals surface area contributed by atoms with Crippen LogP contribution in [-0.2, 0) is 14.4 Å². The van der Waals surface area contributed by atoms with Crippen LogP contribution in [0.25, 0.3) is 0 Å². The number of nitriles is 1. The van der Waals surface area contributed by atoms with Crippen LogP contribution < -0.4 is 10.1 Å². The van der Waals surface area contributed by atoms with Gasteiger partial charge < -0.3 is 9.64 Å². The van der Waals surface area contributed by atoms with Gasteiger partial charge >= 0.3 is 0 Å². The van der Waals surface area contributed by atoms with Crippen LogP contribution in [0.2, 0.25) is 0 Å². The number of carbonyl (C=O) groups excluding carboxylic acids is 3. The molecule has 0 spiro atoms. The van der Waals surface area contributed by atoms with Crippen molar-refractivity contribution in [1.29, 1.82) is 5.26 Å². The molecule has 1 fully saturated rings. The molecule has 0 aliphatic carbocycles. The van der Waals surface area contributed by atoms with Gasteiger partial charge in [-0.05, 0) is 19.1 Å². The summed E-state index contributed by atoms with van der Waals surface area (Å²) < 4.78 is 5.47. The van der Waals surface area contributed by atoms with Crippen LogP contribution in [0.1, 0.15) is 12.5 Å². The minimum atomic E-state index is -0.904. The maximum absolute atomic E-state index is 12.2. The predicted molar refractivity (Wildman–Crippen MR) is 71.0 cm³/mol. The molecule has 1 aromatic carbocycles. The SMILES string of the molecule is CC(Oc1ccccc1C#N)C(=O)N1CC(=O)NC(=O)C1. The fourth-order valence-electron chi connectivity index (χ4n) is 1.95. The molecule has 7 nitrogen and oxygen atoms in total. The summed E-state index contributed by atoms with van der Waals surface area (Å²) in [6, 6.07) is 8.49. The van der Waals surface area contributed by atoms with Crippen LogP contribution in [0, 0.1) is 11.3 Å². The van der Waals surface area contributed by atoms with Crippen LogP contribution >= 0.6 is 0 Å². The summed E-state index contributed by atoms with van der Waals surface area (Å²) >= 11 is 0. The average molecular weight is 287 g/mol. The summed E-state index contributed by atoms with van der Waals surface area (Å²) in [6.07, 6.45) is -0.904. The van der Waals surface area contributed by atoms with Gasteiger partial charge in [0.05, 0.1) is 5.56 Å². The van der Waals surface area contributed by atoms with Crippen molar-refractivity contribution >= 4 is 17.7 Å². The highest BCUT2D eigenvalue weighted by atomic mass is 16.5. The van der Waals surface area contributed by atoms with Gasteiger partial charge in [0, 0.05) is 0 Å². The maximum Gasteiger partial charge on any atom is 0.264 e. The Balaban J connectivity index is 2.08. The molecule has 1 aliphatic rings. The van der Waals surface area contributed by atoms with Gasteiger partial charge in [0.2, 0.25) is 11.8 Å². The smallest absolute Gasteiger partial charge is 0.264 e. The second-order valence-corrected chi connectivity index (χ2v) is 4.53. The Morgan fingerprint density at radius 3 is 2.57 bits per heavy atom. The van der Waals surface area contributed by atoms with Crippen molar-refractivity contribution in [2.75, 3.05) is 13.1 Å². The van der Waals surface area contributed by atoms with Gasteiger partial charge in [-0.15, -0.1) is 0 Å². The first-order valence-electron chi connectivity index (χ1n) is 6.28. The molecule has 0 saturated carbocycles. The van der Waals surface area contributed by atoms with Crippen molar-refractivity contribution in [2.24, 2.45) is 0 Å². The van der Waals surface area contributed by atoms with E-state index >= 15 is 0 Å². The molecule has 0 bridgehead atoms. The van der Waals surface area contributed by atoms with Crippen molar-refractivity contribution in [3.8, 4) is 11.8 Å². The van der Waals surface area contributed by atoms with Crippen molar-refractivity contribution in [3.63, 3.8) is 0 Å². The lowest BCUT2D eigenvalue weighted by atomic mass is 10.2. The average Bonchev–Trinajstić information content (AvgIpc) is 2.46. The first-order chi connectivity index (χ1) is 10.0. The number of nitrogens with one attached hydrogen (secondary N) is 1. The summed E-state index contributed by atoms with van der Waals surface area (Å²) in [6.45, 7) is 1.14. The van der Waals surface area contributed by atoms with Gasteiger partial charge in [0.1, 0.15) is 24.9 Å². The summed E-state index contributed by atoms with van der Waals surface area (Å²) in [5, 5.41) is 11.1. The quantitative estimate of drug-likeness (QED) is 0.777. The van der Waals surface area contributed by atoms with E-state index in [1.165, 1.54) is 6.92 Å². The Morgan fingerprint density at radius 2 is 1.95 bits per heavy atom. The minimum absolute atomic E-state index is 0.182.